The molecule has 48 heavy (non-hydrogen) atoms. The Bertz CT molecular complexity index is 2860. The number of para-hydroxylation sites is 1. The van der Waals surface area contributed by atoms with Gasteiger partial charge in [0.05, 0.1) is 16.8 Å². The number of benzene rings is 9. The molecular weight excluding hydrogens is 583 g/mol. The average Bonchev–Trinajstić information content (AvgIpc) is 3.54. The SMILES string of the molecule is c1cc(-c2cc3ccccc3c3ccccc23)cc(N(c2cc3ccccc3c3ccccc23)c2cccc3oc4ccccc4c23)c1. The van der Waals surface area contributed by atoms with Gasteiger partial charge in [0, 0.05) is 16.5 Å². The summed E-state index contributed by atoms with van der Waals surface area (Å²) in [6.45, 7) is 0. The number of nitrogens with zero attached hydrogens (tertiary/aromatic N) is 1. The lowest BCUT2D eigenvalue weighted by molar-refractivity contribution is 0.669. The first kappa shape index (κ1) is 26.8. The number of hydrogen-bond donors (Lipinski definition) is 0. The normalized spacial score (nSPS) is 11.8. The highest BCUT2D eigenvalue weighted by atomic mass is 16.3. The second kappa shape index (κ2) is 10.6. The van der Waals surface area contributed by atoms with Crippen LogP contribution in [0.15, 0.2) is 180 Å². The molecule has 2 nitrogen and oxygen atoms in total. The number of rotatable bonds is 4. The first-order valence-corrected chi connectivity index (χ1v) is 16.4. The molecular formula is C46H29NO. The molecule has 0 aliphatic carbocycles. The third kappa shape index (κ3) is 4.06. The van der Waals surface area contributed by atoms with E-state index in [0.717, 1.165) is 39.0 Å². The summed E-state index contributed by atoms with van der Waals surface area (Å²) in [5.41, 5.74) is 7.46. The molecule has 0 amide bonds. The van der Waals surface area contributed by atoms with Crippen LogP contribution in [0, 0.1) is 0 Å². The van der Waals surface area contributed by atoms with Gasteiger partial charge < -0.3 is 9.32 Å². The van der Waals surface area contributed by atoms with E-state index >= 15 is 0 Å². The van der Waals surface area contributed by atoms with E-state index in [9.17, 15) is 0 Å². The van der Waals surface area contributed by atoms with Gasteiger partial charge in [-0.05, 0) is 91.3 Å². The maximum absolute atomic E-state index is 6.43. The van der Waals surface area contributed by atoms with Crippen molar-refractivity contribution in [2.45, 2.75) is 0 Å². The van der Waals surface area contributed by atoms with Crippen LogP contribution < -0.4 is 4.90 Å². The van der Waals surface area contributed by atoms with E-state index in [-0.39, 0.29) is 0 Å². The fourth-order valence-corrected chi connectivity index (χ4v) is 7.68. The summed E-state index contributed by atoms with van der Waals surface area (Å²) in [6, 6.07) is 63.4. The predicted molar refractivity (Wildman–Crippen MR) is 204 cm³/mol. The molecule has 0 radical (unpaired) electrons. The van der Waals surface area contributed by atoms with Crippen molar-refractivity contribution >= 4 is 82.1 Å². The minimum Gasteiger partial charge on any atom is -0.456 e. The van der Waals surface area contributed by atoms with Crippen LogP contribution >= 0.6 is 0 Å². The van der Waals surface area contributed by atoms with Crippen LogP contribution in [0.25, 0.3) is 76.2 Å². The molecule has 224 valence electrons. The maximum atomic E-state index is 6.43. The second-order valence-corrected chi connectivity index (χ2v) is 12.5. The molecule has 0 atom stereocenters. The molecule has 0 fully saturated rings. The molecule has 0 unspecified atom stereocenters. The van der Waals surface area contributed by atoms with Crippen molar-refractivity contribution in [3.05, 3.63) is 176 Å². The minimum atomic E-state index is 0.875. The van der Waals surface area contributed by atoms with E-state index in [0.29, 0.717) is 0 Å². The summed E-state index contributed by atoms with van der Waals surface area (Å²) in [5.74, 6) is 0. The zero-order valence-electron chi connectivity index (χ0n) is 26.1. The van der Waals surface area contributed by atoms with Crippen LogP contribution in [0.5, 0.6) is 0 Å². The summed E-state index contributed by atoms with van der Waals surface area (Å²) < 4.78 is 6.43. The topological polar surface area (TPSA) is 16.4 Å². The standard InChI is InChI=1S/C46H29NO/c1-3-17-34-31(13-1)28-41(38-21-6-5-19-36(34)38)30-15-11-16-33(27-30)47(42-24-12-26-45-46(42)40-23-9-10-25-44(40)48-45)43-29-32-14-2-4-18-35(32)37-20-7-8-22-39(37)43/h1-29H. The van der Waals surface area contributed by atoms with Gasteiger partial charge in [-0.15, -0.1) is 0 Å². The molecule has 0 saturated heterocycles. The molecule has 10 aromatic rings. The van der Waals surface area contributed by atoms with Crippen LogP contribution in [0.4, 0.5) is 17.1 Å². The molecule has 2 heteroatoms. The molecule has 1 aromatic heterocycles. The van der Waals surface area contributed by atoms with Gasteiger partial charge in [-0.3, -0.25) is 0 Å². The van der Waals surface area contributed by atoms with Crippen molar-refractivity contribution in [3.8, 4) is 11.1 Å². The van der Waals surface area contributed by atoms with Crippen molar-refractivity contribution in [3.63, 3.8) is 0 Å². The largest absolute Gasteiger partial charge is 0.456 e. The minimum absolute atomic E-state index is 0.875. The zero-order valence-corrected chi connectivity index (χ0v) is 26.1. The van der Waals surface area contributed by atoms with E-state index in [4.69, 9.17) is 4.42 Å². The molecule has 9 aromatic carbocycles. The fraction of sp³-hybridized carbons (Fsp3) is 0. The van der Waals surface area contributed by atoms with Gasteiger partial charge in [-0.25, -0.2) is 0 Å². The molecule has 0 aliphatic heterocycles. The first-order chi connectivity index (χ1) is 23.8. The molecule has 0 spiro atoms. The number of anilines is 3. The third-order valence-corrected chi connectivity index (χ3v) is 9.79. The highest BCUT2D eigenvalue weighted by molar-refractivity contribution is 6.19. The Hall–Kier alpha value is -6.38. The lowest BCUT2D eigenvalue weighted by Crippen LogP contribution is -2.11. The summed E-state index contributed by atoms with van der Waals surface area (Å²) in [4.78, 5) is 2.44. The highest BCUT2D eigenvalue weighted by Crippen LogP contribution is 2.47. The van der Waals surface area contributed by atoms with Gasteiger partial charge in [0.15, 0.2) is 0 Å². The van der Waals surface area contributed by atoms with Gasteiger partial charge in [0.2, 0.25) is 0 Å². The summed E-state index contributed by atoms with van der Waals surface area (Å²) in [5, 5.41) is 12.1. The molecule has 10 rings (SSSR count). The average molecular weight is 612 g/mol. The highest BCUT2D eigenvalue weighted by Gasteiger charge is 2.22. The Morgan fingerprint density at radius 2 is 0.917 bits per heavy atom. The molecule has 0 bridgehead atoms. The number of hydrogen-bond acceptors (Lipinski definition) is 2. The van der Waals surface area contributed by atoms with Crippen molar-refractivity contribution in [2.24, 2.45) is 0 Å². The Morgan fingerprint density at radius 3 is 1.69 bits per heavy atom. The zero-order chi connectivity index (χ0) is 31.6. The van der Waals surface area contributed by atoms with Crippen LogP contribution in [-0.4, -0.2) is 0 Å². The summed E-state index contributed by atoms with van der Waals surface area (Å²) >= 11 is 0. The van der Waals surface area contributed by atoms with Gasteiger partial charge in [-0.1, -0.05) is 133 Å². The van der Waals surface area contributed by atoms with Gasteiger partial charge in [0.1, 0.15) is 11.2 Å². The van der Waals surface area contributed by atoms with Crippen molar-refractivity contribution in [1.82, 2.24) is 0 Å². The van der Waals surface area contributed by atoms with E-state index in [1.54, 1.807) is 0 Å². The fourth-order valence-electron chi connectivity index (χ4n) is 7.68. The lowest BCUT2D eigenvalue weighted by atomic mass is 9.93. The predicted octanol–water partition coefficient (Wildman–Crippen LogP) is 13.3. The Balaban J connectivity index is 1.30. The van der Waals surface area contributed by atoms with E-state index in [1.165, 1.54) is 54.2 Å². The molecule has 0 N–H and O–H groups in total. The lowest BCUT2D eigenvalue weighted by Gasteiger charge is -2.28. The molecule has 1 heterocycles. The smallest absolute Gasteiger partial charge is 0.137 e. The van der Waals surface area contributed by atoms with Crippen LogP contribution in [0.3, 0.4) is 0 Å². The number of furan rings is 1. The first-order valence-electron chi connectivity index (χ1n) is 16.4. The van der Waals surface area contributed by atoms with Gasteiger partial charge in [0.25, 0.3) is 0 Å². The summed E-state index contributed by atoms with van der Waals surface area (Å²) in [6.07, 6.45) is 0. The van der Waals surface area contributed by atoms with E-state index in [2.05, 4.69) is 175 Å². The van der Waals surface area contributed by atoms with Gasteiger partial charge in [-0.2, -0.15) is 0 Å². The maximum Gasteiger partial charge on any atom is 0.137 e. The monoisotopic (exact) mass is 611 g/mol. The van der Waals surface area contributed by atoms with Crippen LogP contribution in [-0.2, 0) is 0 Å². The quantitative estimate of drug-likeness (QED) is 0.184. The molecule has 0 aliphatic rings. The Morgan fingerprint density at radius 1 is 0.354 bits per heavy atom. The van der Waals surface area contributed by atoms with E-state index < -0.39 is 0 Å². The van der Waals surface area contributed by atoms with E-state index in [1.807, 2.05) is 6.07 Å². The number of fused-ring (bicyclic) bond motifs is 9. The van der Waals surface area contributed by atoms with Crippen molar-refractivity contribution in [1.29, 1.82) is 0 Å². The van der Waals surface area contributed by atoms with Crippen LogP contribution in [0.2, 0.25) is 0 Å². The summed E-state index contributed by atoms with van der Waals surface area (Å²) in [7, 11) is 0. The van der Waals surface area contributed by atoms with Crippen molar-refractivity contribution in [2.75, 3.05) is 4.90 Å². The Kier molecular flexibility index (Phi) is 5.91. The molecule has 0 saturated carbocycles. The Labute approximate surface area is 277 Å². The third-order valence-electron chi connectivity index (χ3n) is 9.79. The second-order valence-electron chi connectivity index (χ2n) is 12.5. The van der Waals surface area contributed by atoms with Gasteiger partial charge >= 0.3 is 0 Å². The van der Waals surface area contributed by atoms with Crippen molar-refractivity contribution < 1.29 is 4.42 Å². The van der Waals surface area contributed by atoms with Crippen LogP contribution in [0.1, 0.15) is 0 Å².